The summed E-state index contributed by atoms with van der Waals surface area (Å²) in [6.07, 6.45) is 0. The number of anilines is 1. The van der Waals surface area contributed by atoms with Gasteiger partial charge < -0.3 is 20.9 Å². The third kappa shape index (κ3) is 1.91. The monoisotopic (exact) mass is 208 g/mol. The summed E-state index contributed by atoms with van der Waals surface area (Å²) < 4.78 is 5.37. The number of phenols is 1. The molecule has 0 saturated carbocycles. The van der Waals surface area contributed by atoms with Crippen molar-refractivity contribution in [3.63, 3.8) is 0 Å². The van der Waals surface area contributed by atoms with E-state index in [0.717, 1.165) is 24.3 Å². The number of aryl methyl sites for hydroxylation is 1. The predicted octanol–water partition coefficient (Wildman–Crippen LogP) is 0.944. The van der Waals surface area contributed by atoms with E-state index in [4.69, 9.17) is 10.5 Å². The second kappa shape index (κ2) is 4.08. The zero-order valence-electron chi connectivity index (χ0n) is 8.79. The van der Waals surface area contributed by atoms with E-state index in [1.165, 1.54) is 0 Å². The molecule has 0 aliphatic carbocycles. The molecule has 0 bridgehead atoms. The lowest BCUT2D eigenvalue weighted by molar-refractivity contribution is 0.0759. The molecule has 0 radical (unpaired) electrons. The molecule has 0 spiro atoms. The van der Waals surface area contributed by atoms with Crippen LogP contribution in [0.3, 0.4) is 0 Å². The highest BCUT2D eigenvalue weighted by molar-refractivity contribution is 5.59. The van der Waals surface area contributed by atoms with E-state index in [-0.39, 0.29) is 11.8 Å². The summed E-state index contributed by atoms with van der Waals surface area (Å²) >= 11 is 0. The largest absolute Gasteiger partial charge is 0.505 e. The molecule has 1 heterocycles. The molecule has 4 nitrogen and oxygen atoms in total. The lowest BCUT2D eigenvalue weighted by Crippen LogP contribution is -2.35. The molecular formula is C11H16N2O2. The fourth-order valence-corrected chi connectivity index (χ4v) is 1.92. The molecule has 1 atom stereocenters. The van der Waals surface area contributed by atoms with Gasteiger partial charge in [-0.05, 0) is 18.6 Å². The SMILES string of the molecule is Cc1ccc(N)c(O)c1[C@H]1COCCN1. The summed E-state index contributed by atoms with van der Waals surface area (Å²) in [6.45, 7) is 4.07. The Bertz CT molecular complexity index is 360. The second-order valence-electron chi connectivity index (χ2n) is 3.82. The maximum atomic E-state index is 9.91. The first-order chi connectivity index (χ1) is 7.20. The molecule has 1 aromatic rings. The van der Waals surface area contributed by atoms with Crippen LogP contribution in [0.15, 0.2) is 12.1 Å². The van der Waals surface area contributed by atoms with Crippen molar-refractivity contribution < 1.29 is 9.84 Å². The fourth-order valence-electron chi connectivity index (χ4n) is 1.92. The van der Waals surface area contributed by atoms with E-state index >= 15 is 0 Å². The third-order valence-electron chi connectivity index (χ3n) is 2.74. The van der Waals surface area contributed by atoms with Gasteiger partial charge in [-0.1, -0.05) is 6.07 Å². The summed E-state index contributed by atoms with van der Waals surface area (Å²) in [5, 5.41) is 13.2. The Morgan fingerprint density at radius 1 is 1.53 bits per heavy atom. The van der Waals surface area contributed by atoms with Crippen LogP contribution in [0.4, 0.5) is 5.69 Å². The first-order valence-corrected chi connectivity index (χ1v) is 5.09. The Morgan fingerprint density at radius 3 is 3.00 bits per heavy atom. The number of aromatic hydroxyl groups is 1. The first-order valence-electron chi connectivity index (χ1n) is 5.09. The van der Waals surface area contributed by atoms with Crippen molar-refractivity contribution in [1.29, 1.82) is 0 Å². The molecule has 82 valence electrons. The average molecular weight is 208 g/mol. The van der Waals surface area contributed by atoms with Gasteiger partial charge in [0.1, 0.15) is 5.75 Å². The van der Waals surface area contributed by atoms with Gasteiger partial charge >= 0.3 is 0 Å². The summed E-state index contributed by atoms with van der Waals surface area (Å²) in [4.78, 5) is 0. The summed E-state index contributed by atoms with van der Waals surface area (Å²) in [5.74, 6) is 0.179. The molecule has 1 aliphatic rings. The van der Waals surface area contributed by atoms with Crippen LogP contribution in [0.5, 0.6) is 5.75 Å². The average Bonchev–Trinajstić information content (AvgIpc) is 2.26. The van der Waals surface area contributed by atoms with E-state index in [0.29, 0.717) is 12.3 Å². The van der Waals surface area contributed by atoms with Crippen molar-refractivity contribution in [3.05, 3.63) is 23.3 Å². The Morgan fingerprint density at radius 2 is 2.33 bits per heavy atom. The lowest BCUT2D eigenvalue weighted by atomic mass is 9.99. The molecule has 15 heavy (non-hydrogen) atoms. The number of nitrogens with two attached hydrogens (primary N) is 1. The topological polar surface area (TPSA) is 67.5 Å². The standard InChI is InChI=1S/C11H16N2O2/c1-7-2-3-8(12)11(14)10(7)9-6-15-5-4-13-9/h2-3,9,13-14H,4-6,12H2,1H3/t9-/m1/s1. The summed E-state index contributed by atoms with van der Waals surface area (Å²) in [7, 11) is 0. The van der Waals surface area contributed by atoms with Gasteiger partial charge in [0.05, 0.1) is 24.9 Å². The zero-order valence-corrected chi connectivity index (χ0v) is 8.79. The van der Waals surface area contributed by atoms with Crippen LogP contribution >= 0.6 is 0 Å². The van der Waals surface area contributed by atoms with Gasteiger partial charge in [-0.2, -0.15) is 0 Å². The van der Waals surface area contributed by atoms with Gasteiger partial charge in [-0.25, -0.2) is 0 Å². The summed E-state index contributed by atoms with van der Waals surface area (Å²) in [6, 6.07) is 3.68. The van der Waals surface area contributed by atoms with Crippen molar-refractivity contribution in [3.8, 4) is 5.75 Å². The summed E-state index contributed by atoms with van der Waals surface area (Å²) in [5.41, 5.74) is 7.99. The van der Waals surface area contributed by atoms with Crippen molar-refractivity contribution in [2.75, 3.05) is 25.5 Å². The highest BCUT2D eigenvalue weighted by atomic mass is 16.5. The number of nitrogens with one attached hydrogen (secondary N) is 1. The van der Waals surface area contributed by atoms with Gasteiger partial charge in [-0.3, -0.25) is 0 Å². The van der Waals surface area contributed by atoms with Crippen LogP contribution in [-0.4, -0.2) is 24.9 Å². The Balaban J connectivity index is 2.36. The minimum absolute atomic E-state index is 0.0437. The van der Waals surface area contributed by atoms with E-state index < -0.39 is 0 Å². The fraction of sp³-hybridized carbons (Fsp3) is 0.455. The highest BCUT2D eigenvalue weighted by Gasteiger charge is 2.21. The molecule has 1 saturated heterocycles. The molecule has 0 unspecified atom stereocenters. The highest BCUT2D eigenvalue weighted by Crippen LogP contribution is 2.33. The number of morpholine rings is 1. The smallest absolute Gasteiger partial charge is 0.143 e. The number of hydrogen-bond donors (Lipinski definition) is 3. The van der Waals surface area contributed by atoms with Crippen molar-refractivity contribution >= 4 is 5.69 Å². The van der Waals surface area contributed by atoms with Gasteiger partial charge in [0, 0.05) is 12.1 Å². The molecule has 1 aliphatic heterocycles. The van der Waals surface area contributed by atoms with Crippen molar-refractivity contribution in [2.24, 2.45) is 0 Å². The maximum absolute atomic E-state index is 9.91. The van der Waals surface area contributed by atoms with Gasteiger partial charge in [0.15, 0.2) is 0 Å². The third-order valence-corrected chi connectivity index (χ3v) is 2.74. The molecule has 1 fully saturated rings. The maximum Gasteiger partial charge on any atom is 0.143 e. The van der Waals surface area contributed by atoms with Crippen molar-refractivity contribution in [1.82, 2.24) is 5.32 Å². The Labute approximate surface area is 89.0 Å². The minimum Gasteiger partial charge on any atom is -0.505 e. The van der Waals surface area contributed by atoms with Crippen LogP contribution in [0, 0.1) is 6.92 Å². The number of ether oxygens (including phenoxy) is 1. The van der Waals surface area contributed by atoms with Crippen LogP contribution in [-0.2, 0) is 4.74 Å². The van der Waals surface area contributed by atoms with Gasteiger partial charge in [0.25, 0.3) is 0 Å². The number of benzene rings is 1. The van der Waals surface area contributed by atoms with E-state index in [9.17, 15) is 5.11 Å². The van der Waals surface area contributed by atoms with E-state index in [1.54, 1.807) is 6.07 Å². The van der Waals surface area contributed by atoms with Crippen LogP contribution < -0.4 is 11.1 Å². The number of rotatable bonds is 1. The second-order valence-corrected chi connectivity index (χ2v) is 3.82. The molecule has 0 aromatic heterocycles. The van der Waals surface area contributed by atoms with Crippen LogP contribution in [0.1, 0.15) is 17.2 Å². The lowest BCUT2D eigenvalue weighted by Gasteiger charge is -2.26. The Kier molecular flexibility index (Phi) is 2.79. The van der Waals surface area contributed by atoms with Gasteiger partial charge in [-0.15, -0.1) is 0 Å². The van der Waals surface area contributed by atoms with Crippen molar-refractivity contribution in [2.45, 2.75) is 13.0 Å². The van der Waals surface area contributed by atoms with E-state index in [1.807, 2.05) is 13.0 Å². The Hall–Kier alpha value is -1.26. The first kappa shape index (κ1) is 10.3. The predicted molar refractivity (Wildman–Crippen MR) is 58.8 cm³/mol. The number of phenolic OH excluding ortho intramolecular Hbond substituents is 1. The number of nitrogen functional groups attached to an aromatic ring is 1. The van der Waals surface area contributed by atoms with Crippen LogP contribution in [0.25, 0.3) is 0 Å². The molecule has 2 rings (SSSR count). The van der Waals surface area contributed by atoms with E-state index in [2.05, 4.69) is 5.32 Å². The zero-order chi connectivity index (χ0) is 10.8. The quantitative estimate of drug-likeness (QED) is 0.474. The number of hydrogen-bond acceptors (Lipinski definition) is 4. The molecule has 4 heteroatoms. The molecule has 4 N–H and O–H groups in total. The normalized spacial score (nSPS) is 21.5. The van der Waals surface area contributed by atoms with Gasteiger partial charge in [0.2, 0.25) is 0 Å². The van der Waals surface area contributed by atoms with Crippen LogP contribution in [0.2, 0.25) is 0 Å². The molecular weight excluding hydrogens is 192 g/mol. The molecule has 0 amide bonds. The minimum atomic E-state index is 0.0437. The molecule has 1 aromatic carbocycles.